The lowest BCUT2D eigenvalue weighted by atomic mass is 10.2. The van der Waals surface area contributed by atoms with Crippen molar-refractivity contribution in [2.24, 2.45) is 0 Å². The second-order valence-corrected chi connectivity index (χ2v) is 11.5. The van der Waals surface area contributed by atoms with Crippen LogP contribution in [0.3, 0.4) is 0 Å². The Balaban J connectivity index is 2.52. The molecular weight excluding hydrogens is 294 g/mol. The molecule has 0 aliphatic rings. The van der Waals surface area contributed by atoms with Crippen LogP contribution in [0, 0.1) is 0 Å². The molecule has 0 aromatic carbocycles. The van der Waals surface area contributed by atoms with Crippen molar-refractivity contribution in [1.82, 2.24) is 4.98 Å². The van der Waals surface area contributed by atoms with Crippen LogP contribution >= 0.6 is 0 Å². The first kappa shape index (κ1) is 18.6. The summed E-state index contributed by atoms with van der Waals surface area (Å²) in [7, 11) is -0.322. The zero-order valence-electron chi connectivity index (χ0n) is 14.5. The van der Waals surface area contributed by atoms with Gasteiger partial charge in [0.1, 0.15) is 5.69 Å². The fourth-order valence-corrected chi connectivity index (χ4v) is 2.63. The summed E-state index contributed by atoms with van der Waals surface area (Å²) >= 11 is 0. The van der Waals surface area contributed by atoms with Crippen LogP contribution in [0.2, 0.25) is 18.1 Å². The van der Waals surface area contributed by atoms with Gasteiger partial charge in [0.05, 0.1) is 12.8 Å². The van der Waals surface area contributed by atoms with Gasteiger partial charge in [-0.3, -0.25) is 0 Å². The highest BCUT2D eigenvalue weighted by molar-refractivity contribution is 6.74. The molecule has 0 aliphatic carbocycles. The van der Waals surface area contributed by atoms with E-state index in [-0.39, 0.29) is 5.04 Å². The molecular formula is C17H27NO3Si. The third-order valence-electron chi connectivity index (χ3n) is 4.01. The molecule has 122 valence electrons. The predicted molar refractivity (Wildman–Crippen MR) is 92.4 cm³/mol. The Morgan fingerprint density at radius 1 is 1.32 bits per heavy atom. The lowest BCUT2D eigenvalue weighted by Gasteiger charge is -2.36. The summed E-state index contributed by atoms with van der Waals surface area (Å²) in [6.07, 6.45) is 4.76. The SMILES string of the molecule is COC(=O)c1cccc(C=CCCO[Si](C)(C)C(C)(C)C)n1. The number of esters is 1. The van der Waals surface area contributed by atoms with E-state index in [0.717, 1.165) is 12.1 Å². The van der Waals surface area contributed by atoms with Crippen molar-refractivity contribution in [3.63, 3.8) is 0 Å². The maximum atomic E-state index is 11.4. The van der Waals surface area contributed by atoms with Crippen LogP contribution in [0.15, 0.2) is 24.3 Å². The standard InChI is InChI=1S/C17H27NO3Si/c1-17(2,3)22(5,6)21-13-8-7-10-14-11-9-12-15(18-14)16(19)20-4/h7,9-12H,8,13H2,1-6H3. The molecule has 0 fully saturated rings. The summed E-state index contributed by atoms with van der Waals surface area (Å²) in [6, 6.07) is 5.30. The number of carbonyl (C=O) groups is 1. The van der Waals surface area contributed by atoms with Crippen molar-refractivity contribution in [1.29, 1.82) is 0 Å². The molecule has 0 amide bonds. The number of nitrogens with zero attached hydrogens (tertiary/aromatic N) is 1. The Bertz CT molecular complexity index is 533. The van der Waals surface area contributed by atoms with Crippen molar-refractivity contribution in [2.75, 3.05) is 13.7 Å². The second-order valence-electron chi connectivity index (χ2n) is 6.74. The van der Waals surface area contributed by atoms with Gasteiger partial charge < -0.3 is 9.16 Å². The quantitative estimate of drug-likeness (QED) is 0.445. The predicted octanol–water partition coefficient (Wildman–Crippen LogP) is 4.29. The molecule has 0 N–H and O–H groups in total. The third-order valence-corrected chi connectivity index (χ3v) is 8.55. The van der Waals surface area contributed by atoms with E-state index in [9.17, 15) is 4.79 Å². The number of methoxy groups -OCH3 is 1. The first-order valence-electron chi connectivity index (χ1n) is 7.53. The fourth-order valence-electron chi connectivity index (χ4n) is 1.57. The van der Waals surface area contributed by atoms with E-state index >= 15 is 0 Å². The Hall–Kier alpha value is -1.46. The highest BCUT2D eigenvalue weighted by atomic mass is 28.4. The fraction of sp³-hybridized carbons (Fsp3) is 0.529. The van der Waals surface area contributed by atoms with Crippen LogP contribution in [0.25, 0.3) is 6.08 Å². The molecule has 0 atom stereocenters. The number of pyridine rings is 1. The maximum absolute atomic E-state index is 11.4. The Kier molecular flexibility index (Phi) is 6.50. The van der Waals surface area contributed by atoms with Crippen LogP contribution in [0.5, 0.6) is 0 Å². The van der Waals surface area contributed by atoms with E-state index in [2.05, 4.69) is 43.6 Å². The van der Waals surface area contributed by atoms with Gasteiger partial charge in [0.2, 0.25) is 0 Å². The zero-order chi connectivity index (χ0) is 16.8. The number of hydrogen-bond donors (Lipinski definition) is 0. The van der Waals surface area contributed by atoms with Gasteiger partial charge in [-0.05, 0) is 42.8 Å². The molecule has 1 heterocycles. The second kappa shape index (κ2) is 7.69. The van der Waals surface area contributed by atoms with E-state index in [1.807, 2.05) is 18.2 Å². The summed E-state index contributed by atoms with van der Waals surface area (Å²) in [5, 5.41) is 0.229. The topological polar surface area (TPSA) is 48.4 Å². The van der Waals surface area contributed by atoms with Gasteiger partial charge in [-0.25, -0.2) is 9.78 Å². The van der Waals surface area contributed by atoms with Crippen LogP contribution in [0.4, 0.5) is 0 Å². The van der Waals surface area contributed by atoms with Gasteiger partial charge in [-0.1, -0.05) is 32.9 Å². The van der Waals surface area contributed by atoms with Crippen LogP contribution in [0.1, 0.15) is 43.4 Å². The average Bonchev–Trinajstić information content (AvgIpc) is 2.45. The number of aromatic nitrogens is 1. The average molecular weight is 321 g/mol. The van der Waals surface area contributed by atoms with Crippen molar-refractivity contribution in [3.8, 4) is 0 Å². The first-order valence-corrected chi connectivity index (χ1v) is 10.4. The molecule has 0 bridgehead atoms. The summed E-state index contributed by atoms with van der Waals surface area (Å²) < 4.78 is 10.8. The van der Waals surface area contributed by atoms with Gasteiger partial charge in [-0.2, -0.15) is 0 Å². The highest BCUT2D eigenvalue weighted by Gasteiger charge is 2.36. The molecule has 1 rings (SSSR count). The summed E-state index contributed by atoms with van der Waals surface area (Å²) in [5.74, 6) is -0.420. The van der Waals surface area contributed by atoms with E-state index in [4.69, 9.17) is 4.43 Å². The van der Waals surface area contributed by atoms with Crippen molar-refractivity contribution in [2.45, 2.75) is 45.3 Å². The summed E-state index contributed by atoms with van der Waals surface area (Å²) in [5.41, 5.74) is 1.07. The minimum atomic E-state index is -1.67. The van der Waals surface area contributed by atoms with Crippen LogP contribution in [-0.2, 0) is 9.16 Å². The number of ether oxygens (including phenoxy) is 1. The van der Waals surface area contributed by atoms with Gasteiger partial charge >= 0.3 is 5.97 Å². The molecule has 1 aromatic rings. The first-order chi connectivity index (χ1) is 10.2. The molecule has 0 unspecified atom stereocenters. The van der Waals surface area contributed by atoms with Gasteiger partial charge in [0.15, 0.2) is 8.32 Å². The molecule has 0 saturated carbocycles. The maximum Gasteiger partial charge on any atom is 0.356 e. The summed E-state index contributed by atoms with van der Waals surface area (Å²) in [4.78, 5) is 15.7. The number of hydrogen-bond acceptors (Lipinski definition) is 4. The molecule has 0 spiro atoms. The molecule has 5 heteroatoms. The molecule has 0 saturated heterocycles. The Labute approximate surface area is 134 Å². The van der Waals surface area contributed by atoms with Gasteiger partial charge in [0, 0.05) is 6.61 Å². The zero-order valence-corrected chi connectivity index (χ0v) is 15.5. The third kappa shape index (κ3) is 5.39. The van der Waals surface area contributed by atoms with Crippen LogP contribution in [-0.4, -0.2) is 33.0 Å². The molecule has 0 aliphatic heterocycles. The number of rotatable bonds is 6. The van der Waals surface area contributed by atoms with Gasteiger partial charge in [0.25, 0.3) is 0 Å². The van der Waals surface area contributed by atoms with E-state index in [1.54, 1.807) is 12.1 Å². The number of carbonyl (C=O) groups excluding carboxylic acids is 1. The molecule has 22 heavy (non-hydrogen) atoms. The van der Waals surface area contributed by atoms with Crippen molar-refractivity contribution in [3.05, 3.63) is 35.7 Å². The van der Waals surface area contributed by atoms with Crippen LogP contribution < -0.4 is 0 Å². The van der Waals surface area contributed by atoms with Crippen molar-refractivity contribution < 1.29 is 14.0 Å². The minimum Gasteiger partial charge on any atom is -0.464 e. The van der Waals surface area contributed by atoms with E-state index in [0.29, 0.717) is 12.3 Å². The lowest BCUT2D eigenvalue weighted by molar-refractivity contribution is 0.0594. The Morgan fingerprint density at radius 2 is 2.00 bits per heavy atom. The van der Waals surface area contributed by atoms with Crippen molar-refractivity contribution >= 4 is 20.4 Å². The minimum absolute atomic E-state index is 0.229. The lowest BCUT2D eigenvalue weighted by Crippen LogP contribution is -2.40. The monoisotopic (exact) mass is 321 g/mol. The van der Waals surface area contributed by atoms with Gasteiger partial charge in [-0.15, -0.1) is 0 Å². The molecule has 1 aromatic heterocycles. The molecule has 4 nitrogen and oxygen atoms in total. The Morgan fingerprint density at radius 3 is 2.59 bits per heavy atom. The summed E-state index contributed by atoms with van der Waals surface area (Å²) in [6.45, 7) is 11.9. The normalized spacial score (nSPS) is 12.6. The highest BCUT2D eigenvalue weighted by Crippen LogP contribution is 2.36. The smallest absolute Gasteiger partial charge is 0.356 e. The van der Waals surface area contributed by atoms with E-state index in [1.165, 1.54) is 7.11 Å². The van der Waals surface area contributed by atoms with E-state index < -0.39 is 14.3 Å². The largest absolute Gasteiger partial charge is 0.464 e. The molecule has 0 radical (unpaired) electrons.